The number of hydrogen-bond donors (Lipinski definition) is 2. The number of hydrogen-bond acceptors (Lipinski definition) is 4. The van der Waals surface area contributed by atoms with E-state index in [9.17, 15) is 9.59 Å². The highest BCUT2D eigenvalue weighted by Crippen LogP contribution is 2.18. The number of rotatable bonds is 6. The second kappa shape index (κ2) is 7.44. The van der Waals surface area contributed by atoms with Crippen LogP contribution in [0.4, 0.5) is 0 Å². The van der Waals surface area contributed by atoms with Crippen LogP contribution in [0.5, 0.6) is 0 Å². The topological polar surface area (TPSA) is 98.2 Å². The van der Waals surface area contributed by atoms with Crippen molar-refractivity contribution in [2.45, 2.75) is 12.5 Å². The Labute approximate surface area is 144 Å². The van der Waals surface area contributed by atoms with Gasteiger partial charge in [0.15, 0.2) is 0 Å². The number of benzene rings is 2. The molecule has 0 saturated carbocycles. The molecule has 126 valence electrons. The van der Waals surface area contributed by atoms with E-state index >= 15 is 0 Å². The smallest absolute Gasteiger partial charge is 0.244 e. The van der Waals surface area contributed by atoms with E-state index in [1.54, 1.807) is 24.3 Å². The van der Waals surface area contributed by atoms with Gasteiger partial charge in [0.2, 0.25) is 17.7 Å². The molecular weight excluding hydrogens is 318 g/mol. The third-order valence-corrected chi connectivity index (χ3v) is 3.64. The van der Waals surface area contributed by atoms with Gasteiger partial charge in [0.1, 0.15) is 12.3 Å². The molecule has 0 spiro atoms. The van der Waals surface area contributed by atoms with Crippen LogP contribution in [0.25, 0.3) is 11.5 Å². The zero-order valence-electron chi connectivity index (χ0n) is 13.4. The summed E-state index contributed by atoms with van der Waals surface area (Å²) in [5.74, 6) is -0.539. The quantitative estimate of drug-likeness (QED) is 0.721. The zero-order chi connectivity index (χ0) is 17.6. The molecule has 2 aromatic carbocycles. The molecule has 1 aromatic heterocycles. The fourth-order valence-electron chi connectivity index (χ4n) is 2.44. The van der Waals surface area contributed by atoms with Gasteiger partial charge in [-0.3, -0.25) is 9.59 Å². The summed E-state index contributed by atoms with van der Waals surface area (Å²) in [5.41, 5.74) is 7.34. The van der Waals surface area contributed by atoms with Crippen molar-refractivity contribution in [3.63, 3.8) is 0 Å². The van der Waals surface area contributed by atoms with Gasteiger partial charge in [-0.25, -0.2) is 4.98 Å². The van der Waals surface area contributed by atoms with Gasteiger partial charge < -0.3 is 15.5 Å². The first-order chi connectivity index (χ1) is 12.1. The maximum Gasteiger partial charge on any atom is 0.244 e. The van der Waals surface area contributed by atoms with E-state index in [2.05, 4.69) is 10.3 Å². The molecule has 3 aromatic rings. The Kier molecular flexibility index (Phi) is 4.89. The maximum absolute atomic E-state index is 12.2. The van der Waals surface area contributed by atoms with Crippen molar-refractivity contribution in [1.29, 1.82) is 0 Å². The van der Waals surface area contributed by atoms with Crippen molar-refractivity contribution in [2.75, 3.05) is 0 Å². The Bertz CT molecular complexity index is 860. The minimum atomic E-state index is -0.880. The van der Waals surface area contributed by atoms with E-state index in [-0.39, 0.29) is 12.3 Å². The summed E-state index contributed by atoms with van der Waals surface area (Å²) in [4.78, 5) is 28.2. The molecule has 3 N–H and O–H groups in total. The molecule has 1 atom stereocenters. The van der Waals surface area contributed by atoms with Crippen LogP contribution in [0.3, 0.4) is 0 Å². The molecule has 0 aliphatic carbocycles. The number of carbonyl (C=O) groups is 2. The highest BCUT2D eigenvalue weighted by atomic mass is 16.3. The van der Waals surface area contributed by atoms with Crippen molar-refractivity contribution in [3.8, 4) is 11.5 Å². The number of nitrogens with zero attached hydrogens (tertiary/aromatic N) is 1. The van der Waals surface area contributed by atoms with E-state index < -0.39 is 11.9 Å². The molecular formula is C19H17N3O3. The monoisotopic (exact) mass is 335 g/mol. The average Bonchev–Trinajstić information content (AvgIpc) is 3.09. The van der Waals surface area contributed by atoms with Crippen LogP contribution in [0.15, 0.2) is 71.3 Å². The minimum Gasteiger partial charge on any atom is -0.444 e. The summed E-state index contributed by atoms with van der Waals surface area (Å²) >= 11 is 0. The molecule has 0 bridgehead atoms. The molecule has 0 unspecified atom stereocenters. The molecule has 0 aliphatic heterocycles. The average molecular weight is 335 g/mol. The van der Waals surface area contributed by atoms with Crippen LogP contribution in [-0.2, 0) is 16.0 Å². The highest BCUT2D eigenvalue weighted by molar-refractivity contribution is 5.88. The van der Waals surface area contributed by atoms with Crippen molar-refractivity contribution in [1.82, 2.24) is 10.3 Å². The molecule has 6 heteroatoms. The first-order valence-electron chi connectivity index (χ1n) is 7.77. The lowest BCUT2D eigenvalue weighted by atomic mass is 10.1. The Morgan fingerprint density at radius 3 is 2.32 bits per heavy atom. The van der Waals surface area contributed by atoms with Gasteiger partial charge in [0, 0.05) is 5.56 Å². The molecule has 3 rings (SSSR count). The summed E-state index contributed by atoms with van der Waals surface area (Å²) in [5, 5.41) is 2.64. The van der Waals surface area contributed by atoms with Gasteiger partial charge in [-0.15, -0.1) is 0 Å². The molecule has 0 radical (unpaired) electrons. The number of oxazole rings is 1. The first kappa shape index (κ1) is 16.4. The van der Waals surface area contributed by atoms with Gasteiger partial charge in [-0.1, -0.05) is 48.5 Å². The van der Waals surface area contributed by atoms with Crippen molar-refractivity contribution < 1.29 is 14.0 Å². The third kappa shape index (κ3) is 4.11. The number of carbonyl (C=O) groups excluding carboxylic acids is 2. The largest absolute Gasteiger partial charge is 0.444 e. The highest BCUT2D eigenvalue weighted by Gasteiger charge is 2.20. The molecule has 0 fully saturated rings. The SMILES string of the molecule is NC(=O)[C@H](NC(=O)Cc1coc(-c2ccccc2)n1)c1ccccc1. The molecule has 25 heavy (non-hydrogen) atoms. The van der Waals surface area contributed by atoms with E-state index in [4.69, 9.17) is 10.2 Å². The second-order valence-corrected chi connectivity index (χ2v) is 5.50. The Morgan fingerprint density at radius 2 is 1.68 bits per heavy atom. The molecule has 1 heterocycles. The number of nitrogens with two attached hydrogens (primary N) is 1. The van der Waals surface area contributed by atoms with Crippen molar-refractivity contribution in [3.05, 3.63) is 78.2 Å². The summed E-state index contributed by atoms with van der Waals surface area (Å²) in [6.45, 7) is 0. The predicted molar refractivity (Wildman–Crippen MR) is 92.2 cm³/mol. The summed E-state index contributed by atoms with van der Waals surface area (Å²) in [6.07, 6.45) is 1.43. The van der Waals surface area contributed by atoms with Crippen LogP contribution >= 0.6 is 0 Å². The molecule has 2 amide bonds. The van der Waals surface area contributed by atoms with Gasteiger partial charge in [0.05, 0.1) is 12.1 Å². The van der Waals surface area contributed by atoms with Crippen LogP contribution in [0, 0.1) is 0 Å². The normalized spacial score (nSPS) is 11.7. The first-order valence-corrected chi connectivity index (χ1v) is 7.77. The zero-order valence-corrected chi connectivity index (χ0v) is 13.4. The Hall–Kier alpha value is -3.41. The summed E-state index contributed by atoms with van der Waals surface area (Å²) in [6, 6.07) is 17.4. The number of nitrogens with one attached hydrogen (secondary N) is 1. The third-order valence-electron chi connectivity index (χ3n) is 3.64. The summed E-state index contributed by atoms with van der Waals surface area (Å²) < 4.78 is 5.41. The lowest BCUT2D eigenvalue weighted by Crippen LogP contribution is -2.38. The van der Waals surface area contributed by atoms with Gasteiger partial charge in [-0.05, 0) is 17.7 Å². The van der Waals surface area contributed by atoms with E-state index in [0.717, 1.165) is 5.56 Å². The number of amides is 2. The number of primary amides is 1. The van der Waals surface area contributed by atoms with Gasteiger partial charge in [-0.2, -0.15) is 0 Å². The predicted octanol–water partition coefficient (Wildman–Crippen LogP) is 2.23. The second-order valence-electron chi connectivity index (χ2n) is 5.50. The number of aromatic nitrogens is 1. The molecule has 0 aliphatic rings. The van der Waals surface area contributed by atoms with Crippen LogP contribution in [0.2, 0.25) is 0 Å². The Morgan fingerprint density at radius 1 is 1.04 bits per heavy atom. The summed E-state index contributed by atoms with van der Waals surface area (Å²) in [7, 11) is 0. The van der Waals surface area contributed by atoms with Crippen molar-refractivity contribution in [2.24, 2.45) is 5.73 Å². The van der Waals surface area contributed by atoms with Crippen LogP contribution < -0.4 is 11.1 Å². The Balaban J connectivity index is 1.68. The minimum absolute atomic E-state index is 0.00700. The van der Waals surface area contributed by atoms with Gasteiger partial charge >= 0.3 is 0 Å². The standard InChI is InChI=1S/C19H17N3O3/c20-18(24)17(13-7-3-1-4-8-13)22-16(23)11-15-12-25-19(21-15)14-9-5-2-6-10-14/h1-10,12,17H,11H2,(H2,20,24)(H,22,23)/t17-/m1/s1. The lowest BCUT2D eigenvalue weighted by Gasteiger charge is -2.15. The fraction of sp³-hybridized carbons (Fsp3) is 0.105. The van der Waals surface area contributed by atoms with E-state index in [1.807, 2.05) is 36.4 Å². The maximum atomic E-state index is 12.2. The van der Waals surface area contributed by atoms with Crippen LogP contribution in [-0.4, -0.2) is 16.8 Å². The molecule has 6 nitrogen and oxygen atoms in total. The van der Waals surface area contributed by atoms with E-state index in [1.165, 1.54) is 6.26 Å². The molecule has 0 saturated heterocycles. The van der Waals surface area contributed by atoms with Gasteiger partial charge in [0.25, 0.3) is 0 Å². The van der Waals surface area contributed by atoms with E-state index in [0.29, 0.717) is 17.1 Å². The lowest BCUT2D eigenvalue weighted by molar-refractivity contribution is -0.127. The van der Waals surface area contributed by atoms with Crippen molar-refractivity contribution >= 4 is 11.8 Å². The van der Waals surface area contributed by atoms with Crippen LogP contribution in [0.1, 0.15) is 17.3 Å². The fourth-order valence-corrected chi connectivity index (χ4v) is 2.44.